The molecule has 0 radical (unpaired) electrons. The highest BCUT2D eigenvalue weighted by Crippen LogP contribution is 2.26. The van der Waals surface area contributed by atoms with Crippen LogP contribution in [0.1, 0.15) is 157 Å². The maximum absolute atomic E-state index is 15.5. The summed E-state index contributed by atoms with van der Waals surface area (Å²) in [5.74, 6) is -10.5. The van der Waals surface area contributed by atoms with Gasteiger partial charge in [-0.15, -0.1) is 0 Å². The van der Waals surface area contributed by atoms with Crippen LogP contribution in [-0.2, 0) is 70.4 Å². The number of hydrogen-bond acceptors (Lipinski definition) is 13. The molecule has 4 rings (SSSR count). The molecular formula is C72H112F2N12O13. The normalized spacial score (nSPS) is 25.5. The number of amides is 12. The number of likely N-dealkylation sites (tertiary alicyclic amines) is 1. The molecule has 12 amide bonds. The number of hydrogen-bond donors (Lipinski definition) is 5. The standard InChI is InChI=1S/C72H112F2N12O13/c1-19-45(9)61-66(93)78-60(47(11)87)72(99)79(12)41-59(89)81(14)54(20-2)64(91)77-53(69(96)86-33-25-22-26-34-86)40-58(88)80(13)46(10)63(90)75-52(38-49-29-31-50(32-30-49)62(73)74)68(95)83(16)56(36-43(5)6)70(97)82(15)55(39-48-27-23-21-24-28-48)65(92)76-51(35-42(3)4)67(94)84(17)57(37-44(7)8)71(98)85(61)18/h21,23-24,27-32,42-47,51-57,60-62,87H,19-20,22,25-26,33-41H2,1-18H3,(H,75,90)(H,76,92)(H,77,91)(H,78,93)/t45-,46-,47+,51-,52-,53-,54-,55-,56-,57-,60-,61-/m0/s1. The summed E-state index contributed by atoms with van der Waals surface area (Å²) < 4.78 is 27.8. The first-order valence-corrected chi connectivity index (χ1v) is 34.8. The summed E-state index contributed by atoms with van der Waals surface area (Å²) in [7, 11) is 9.49. The van der Waals surface area contributed by atoms with Gasteiger partial charge in [-0.3, -0.25) is 57.5 Å². The van der Waals surface area contributed by atoms with Crippen LogP contribution >= 0.6 is 0 Å². The Labute approximate surface area is 584 Å². The monoisotopic (exact) mass is 1390 g/mol. The van der Waals surface area contributed by atoms with E-state index in [9.17, 15) is 47.4 Å². The van der Waals surface area contributed by atoms with E-state index in [0.29, 0.717) is 43.5 Å². The number of alkyl halides is 2. The van der Waals surface area contributed by atoms with Crippen LogP contribution in [0.4, 0.5) is 8.78 Å². The van der Waals surface area contributed by atoms with Gasteiger partial charge in [-0.25, -0.2) is 8.78 Å². The van der Waals surface area contributed by atoms with Crippen molar-refractivity contribution in [2.75, 3.05) is 69.0 Å². The first-order chi connectivity index (χ1) is 46.4. The molecule has 2 fully saturated rings. The molecular weight excluding hydrogens is 1280 g/mol. The number of rotatable bonds is 16. The quantitative estimate of drug-likeness (QED) is 0.158. The molecule has 0 bridgehead atoms. The molecule has 2 aromatic carbocycles. The average Bonchev–Trinajstić information content (AvgIpc) is 0.814. The smallest absolute Gasteiger partial charge is 0.263 e. The minimum atomic E-state index is -2.82. The second kappa shape index (κ2) is 38.5. The molecule has 0 aliphatic carbocycles. The number of benzene rings is 2. The molecule has 2 aliphatic heterocycles. The molecule has 25 nitrogen and oxygen atoms in total. The van der Waals surface area contributed by atoms with Crippen molar-refractivity contribution in [3.63, 3.8) is 0 Å². The molecule has 0 unspecified atom stereocenters. The first-order valence-electron chi connectivity index (χ1n) is 34.8. The van der Waals surface area contributed by atoms with Gasteiger partial charge in [0.05, 0.1) is 19.1 Å². The molecule has 12 atom stereocenters. The summed E-state index contributed by atoms with van der Waals surface area (Å²) in [6.07, 6.45) is -2.80. The van der Waals surface area contributed by atoms with Crippen LogP contribution in [0.15, 0.2) is 54.6 Å². The second-order valence-electron chi connectivity index (χ2n) is 28.3. The average molecular weight is 1390 g/mol. The Kier molecular flexibility index (Phi) is 32.4. The predicted molar refractivity (Wildman–Crippen MR) is 370 cm³/mol. The van der Waals surface area contributed by atoms with Crippen molar-refractivity contribution >= 4 is 70.9 Å². The summed E-state index contributed by atoms with van der Waals surface area (Å²) >= 11 is 0. The molecule has 2 saturated heterocycles. The fourth-order valence-electron chi connectivity index (χ4n) is 12.7. The maximum atomic E-state index is 15.5. The van der Waals surface area contributed by atoms with E-state index >= 15 is 24.0 Å². The summed E-state index contributed by atoms with van der Waals surface area (Å²) in [6, 6.07) is 0.0347. The number of halogens is 2. The Morgan fingerprint density at radius 1 is 0.515 bits per heavy atom. The minimum Gasteiger partial charge on any atom is -0.391 e. The van der Waals surface area contributed by atoms with Crippen molar-refractivity contribution in [3.05, 3.63) is 71.3 Å². The molecule has 27 heteroatoms. The zero-order valence-electron chi connectivity index (χ0n) is 61.5. The van der Waals surface area contributed by atoms with Crippen molar-refractivity contribution in [2.24, 2.45) is 23.7 Å². The van der Waals surface area contributed by atoms with Crippen LogP contribution in [0.25, 0.3) is 0 Å². The lowest BCUT2D eigenvalue weighted by Crippen LogP contribution is -2.62. The lowest BCUT2D eigenvalue weighted by Gasteiger charge is -2.39. The lowest BCUT2D eigenvalue weighted by molar-refractivity contribution is -0.152. The van der Waals surface area contributed by atoms with Crippen LogP contribution in [-0.4, -0.2) is 251 Å². The number of likely N-dealkylation sites (N-methyl/N-ethyl adjacent to an activating group) is 7. The van der Waals surface area contributed by atoms with Gasteiger partial charge in [0.1, 0.15) is 60.4 Å². The summed E-state index contributed by atoms with van der Waals surface area (Å²) in [6.45, 7) is 18.8. The lowest BCUT2D eigenvalue weighted by atomic mass is 9.93. The fraction of sp³-hybridized carbons (Fsp3) is 0.667. The van der Waals surface area contributed by atoms with E-state index < -0.39 is 163 Å². The van der Waals surface area contributed by atoms with Gasteiger partial charge in [0.25, 0.3) is 6.43 Å². The van der Waals surface area contributed by atoms with E-state index in [1.54, 1.807) is 51.1 Å². The van der Waals surface area contributed by atoms with E-state index in [0.717, 1.165) is 26.0 Å². The van der Waals surface area contributed by atoms with Gasteiger partial charge in [0.2, 0.25) is 70.9 Å². The van der Waals surface area contributed by atoms with Gasteiger partial charge < -0.3 is 65.6 Å². The van der Waals surface area contributed by atoms with Crippen LogP contribution < -0.4 is 21.3 Å². The Bertz CT molecular complexity index is 3100. The molecule has 2 aromatic rings. The number of piperidine rings is 1. The molecule has 0 aromatic heterocycles. The Balaban J connectivity index is 1.97. The molecule has 5 N–H and O–H groups in total. The van der Waals surface area contributed by atoms with Crippen molar-refractivity contribution < 1.29 is 71.4 Å². The van der Waals surface area contributed by atoms with E-state index in [-0.39, 0.29) is 61.8 Å². The van der Waals surface area contributed by atoms with Crippen LogP contribution in [0, 0.1) is 23.7 Å². The van der Waals surface area contributed by atoms with Crippen molar-refractivity contribution in [1.82, 2.24) is 60.5 Å². The number of carbonyl (C=O) groups excluding carboxylic acids is 12. The van der Waals surface area contributed by atoms with Crippen molar-refractivity contribution in [1.29, 1.82) is 0 Å². The van der Waals surface area contributed by atoms with E-state index in [4.69, 9.17) is 0 Å². The Hall–Kier alpha value is -8.10. The van der Waals surface area contributed by atoms with E-state index in [1.165, 1.54) is 107 Å². The highest BCUT2D eigenvalue weighted by atomic mass is 19.3. The van der Waals surface area contributed by atoms with E-state index in [1.807, 2.05) is 41.5 Å². The maximum Gasteiger partial charge on any atom is 0.263 e. The minimum absolute atomic E-state index is 0.0165. The van der Waals surface area contributed by atoms with Crippen molar-refractivity contribution in [3.8, 4) is 0 Å². The zero-order valence-corrected chi connectivity index (χ0v) is 61.5. The van der Waals surface area contributed by atoms with Gasteiger partial charge >= 0.3 is 0 Å². The van der Waals surface area contributed by atoms with E-state index in [2.05, 4.69) is 21.3 Å². The van der Waals surface area contributed by atoms with Crippen LogP contribution in [0.3, 0.4) is 0 Å². The third-order valence-corrected chi connectivity index (χ3v) is 19.2. The highest BCUT2D eigenvalue weighted by molar-refractivity contribution is 6.00. The topological polar surface area (TPSA) is 299 Å². The van der Waals surface area contributed by atoms with Gasteiger partial charge in [-0.1, -0.05) is 123 Å². The van der Waals surface area contributed by atoms with Gasteiger partial charge in [-0.05, 0) is 93.6 Å². The van der Waals surface area contributed by atoms with Crippen LogP contribution in [0.2, 0.25) is 0 Å². The van der Waals surface area contributed by atoms with Crippen molar-refractivity contribution in [2.45, 2.75) is 220 Å². The molecule has 2 aliphatic rings. The Morgan fingerprint density at radius 3 is 1.52 bits per heavy atom. The van der Waals surface area contributed by atoms with Crippen LogP contribution in [0.5, 0.6) is 0 Å². The number of nitrogens with zero attached hydrogens (tertiary/aromatic N) is 8. The third kappa shape index (κ3) is 23.0. The summed E-state index contributed by atoms with van der Waals surface area (Å²) in [5.41, 5.74) is 0.661. The number of aliphatic hydroxyl groups excluding tert-OH is 1. The molecule has 99 heavy (non-hydrogen) atoms. The molecule has 2 heterocycles. The van der Waals surface area contributed by atoms with Gasteiger partial charge in [-0.2, -0.15) is 0 Å². The molecule has 0 saturated carbocycles. The molecule has 0 spiro atoms. The predicted octanol–water partition coefficient (Wildman–Crippen LogP) is 4.18. The SMILES string of the molecule is CC[C@H](C)[C@H]1C(=O)N[C@@H]([C@@H](C)O)C(=O)N(C)CC(=O)N(C)[C@@H](CC)C(=O)N[C@H](C(=O)N2CCCCC2)CC(=O)N(C)[C@@H](C)C(=O)N[C@@H](Cc2ccc(C(F)F)cc2)C(=O)N(C)[C@@H](CC(C)C)C(=O)N(C)[C@@H](Cc2ccccc2)C(=O)N[C@@H](CC(C)C)C(=O)N(C)[C@@H](CC(C)C)C(=O)N1C. The second-order valence-corrected chi connectivity index (χ2v) is 28.3. The fourth-order valence-corrected chi connectivity index (χ4v) is 12.7. The zero-order chi connectivity index (χ0) is 74.6. The number of nitrogens with one attached hydrogen (secondary N) is 4. The first kappa shape index (κ1) is 83.3. The number of aliphatic hydroxyl groups is 1. The number of carbonyl (C=O) groups is 12. The van der Waals surface area contributed by atoms with Gasteiger partial charge in [0, 0.05) is 80.8 Å². The molecule has 552 valence electrons. The highest BCUT2D eigenvalue weighted by Gasteiger charge is 2.44. The Morgan fingerprint density at radius 2 is 1.01 bits per heavy atom. The van der Waals surface area contributed by atoms with Gasteiger partial charge in [0.15, 0.2) is 0 Å². The summed E-state index contributed by atoms with van der Waals surface area (Å²) in [5, 5.41) is 22.2. The summed E-state index contributed by atoms with van der Waals surface area (Å²) in [4.78, 5) is 188. The largest absolute Gasteiger partial charge is 0.391 e. The third-order valence-electron chi connectivity index (χ3n) is 19.2.